The lowest BCUT2D eigenvalue weighted by Gasteiger charge is -2.26. The normalized spacial score (nSPS) is 12.6. The van der Waals surface area contributed by atoms with Crippen LogP contribution in [0.3, 0.4) is 0 Å². The van der Waals surface area contributed by atoms with Gasteiger partial charge in [-0.05, 0) is 50.6 Å². The van der Waals surface area contributed by atoms with E-state index in [0.717, 1.165) is 0 Å². The van der Waals surface area contributed by atoms with E-state index in [1.807, 2.05) is 0 Å². The van der Waals surface area contributed by atoms with Crippen LogP contribution in [0.25, 0.3) is 0 Å². The highest BCUT2D eigenvalue weighted by atomic mass is 32.2. The van der Waals surface area contributed by atoms with E-state index in [1.165, 1.54) is 68.6 Å². The Balaban J connectivity index is 2.10. The molecule has 2 aromatic rings. The lowest BCUT2D eigenvalue weighted by Crippen LogP contribution is -2.36. The van der Waals surface area contributed by atoms with Crippen molar-refractivity contribution in [2.45, 2.75) is 37.4 Å². The molecule has 32 heavy (non-hydrogen) atoms. The number of hydrogen-bond acceptors (Lipinski definition) is 8. The molecule has 0 bridgehead atoms. The summed E-state index contributed by atoms with van der Waals surface area (Å²) in [6, 6.07) is 10.1. The Kier molecular flexibility index (Phi) is 7.97. The molecule has 0 spiro atoms. The second-order valence-corrected chi connectivity index (χ2v) is 9.51. The van der Waals surface area contributed by atoms with Crippen LogP contribution in [0.4, 0.5) is 4.79 Å². The Bertz CT molecular complexity index is 1030. The smallest absolute Gasteiger partial charge is 0.410 e. The van der Waals surface area contributed by atoms with E-state index in [9.17, 15) is 18.3 Å². The Hall–Kier alpha value is -2.98. The molecule has 0 fully saturated rings. The SMILES string of the molecule is COc1ccc(S(=O)(=O)Oc2ccc(C(O)CN(C)C(=O)OC(C)(C)C)cc2)c(OC)c1. The first-order chi connectivity index (χ1) is 14.9. The maximum Gasteiger partial charge on any atom is 0.410 e. The molecule has 0 heterocycles. The van der Waals surface area contributed by atoms with Gasteiger partial charge in [0.1, 0.15) is 27.7 Å². The molecule has 2 rings (SSSR count). The number of carbonyl (C=O) groups is 1. The van der Waals surface area contributed by atoms with Crippen LogP contribution in [-0.2, 0) is 14.9 Å². The van der Waals surface area contributed by atoms with Gasteiger partial charge in [-0.15, -0.1) is 0 Å². The van der Waals surface area contributed by atoms with Crippen LogP contribution >= 0.6 is 0 Å². The van der Waals surface area contributed by atoms with Gasteiger partial charge in [-0.1, -0.05) is 12.1 Å². The maximum absolute atomic E-state index is 12.7. The van der Waals surface area contributed by atoms with E-state index in [0.29, 0.717) is 11.3 Å². The van der Waals surface area contributed by atoms with E-state index >= 15 is 0 Å². The number of hydrogen-bond donors (Lipinski definition) is 1. The summed E-state index contributed by atoms with van der Waals surface area (Å²) in [6.45, 7) is 5.26. The molecule has 0 aliphatic rings. The van der Waals surface area contributed by atoms with Crippen molar-refractivity contribution < 1.29 is 36.7 Å². The van der Waals surface area contributed by atoms with Gasteiger partial charge >= 0.3 is 16.2 Å². The van der Waals surface area contributed by atoms with Crippen molar-refractivity contribution >= 4 is 16.2 Å². The van der Waals surface area contributed by atoms with Gasteiger partial charge in [0.25, 0.3) is 0 Å². The average Bonchev–Trinajstić information content (AvgIpc) is 2.72. The zero-order chi connectivity index (χ0) is 24.1. The Morgan fingerprint density at radius 2 is 1.62 bits per heavy atom. The van der Waals surface area contributed by atoms with Crippen molar-refractivity contribution in [1.29, 1.82) is 0 Å². The largest absolute Gasteiger partial charge is 0.497 e. The van der Waals surface area contributed by atoms with Gasteiger partial charge in [-0.2, -0.15) is 8.42 Å². The fraction of sp³-hybridized carbons (Fsp3) is 0.409. The molecule has 0 saturated heterocycles. The van der Waals surface area contributed by atoms with Crippen molar-refractivity contribution in [3.05, 3.63) is 48.0 Å². The number of aliphatic hydroxyl groups is 1. The molecule has 9 nitrogen and oxygen atoms in total. The summed E-state index contributed by atoms with van der Waals surface area (Å²) >= 11 is 0. The van der Waals surface area contributed by atoms with Crippen molar-refractivity contribution in [2.24, 2.45) is 0 Å². The number of nitrogens with zero attached hydrogens (tertiary/aromatic N) is 1. The first-order valence-corrected chi connectivity index (χ1v) is 11.2. The van der Waals surface area contributed by atoms with E-state index in [4.69, 9.17) is 18.4 Å². The number of rotatable bonds is 8. The highest BCUT2D eigenvalue weighted by Crippen LogP contribution is 2.31. The lowest BCUT2D eigenvalue weighted by atomic mass is 10.1. The molecule has 0 aromatic heterocycles. The number of carbonyl (C=O) groups excluding carboxylic acids is 1. The average molecular weight is 468 g/mol. The van der Waals surface area contributed by atoms with Crippen LogP contribution in [0.15, 0.2) is 47.4 Å². The summed E-state index contributed by atoms with van der Waals surface area (Å²) in [6.07, 6.45) is -1.56. The van der Waals surface area contributed by atoms with E-state index in [2.05, 4.69) is 0 Å². The molecule has 0 aliphatic heterocycles. The minimum Gasteiger partial charge on any atom is -0.497 e. The molecule has 1 amide bonds. The van der Waals surface area contributed by atoms with E-state index in [1.54, 1.807) is 20.8 Å². The Morgan fingerprint density at radius 3 is 2.16 bits per heavy atom. The second-order valence-electron chi connectivity index (χ2n) is 8.00. The molecular weight excluding hydrogens is 438 g/mol. The number of benzene rings is 2. The lowest BCUT2D eigenvalue weighted by molar-refractivity contribution is 0.0205. The van der Waals surface area contributed by atoms with Gasteiger partial charge in [0.05, 0.1) is 26.9 Å². The van der Waals surface area contributed by atoms with Crippen LogP contribution in [0, 0.1) is 0 Å². The fourth-order valence-electron chi connectivity index (χ4n) is 2.68. The molecule has 1 N–H and O–H groups in total. The monoisotopic (exact) mass is 467 g/mol. The molecule has 2 aromatic carbocycles. The molecule has 0 radical (unpaired) electrons. The first-order valence-electron chi connectivity index (χ1n) is 9.75. The highest BCUT2D eigenvalue weighted by molar-refractivity contribution is 7.87. The summed E-state index contributed by atoms with van der Waals surface area (Å²) in [5, 5.41) is 10.4. The quantitative estimate of drug-likeness (QED) is 0.588. The topological polar surface area (TPSA) is 112 Å². The fourth-order valence-corrected chi connectivity index (χ4v) is 3.76. The number of aliphatic hydroxyl groups excluding tert-OH is 1. The third-order valence-electron chi connectivity index (χ3n) is 4.26. The molecule has 1 atom stereocenters. The third kappa shape index (κ3) is 6.76. The van der Waals surface area contributed by atoms with Crippen molar-refractivity contribution in [3.63, 3.8) is 0 Å². The Morgan fingerprint density at radius 1 is 1.03 bits per heavy atom. The first kappa shape index (κ1) is 25.3. The number of likely N-dealkylation sites (N-methyl/N-ethyl adjacent to an activating group) is 1. The van der Waals surface area contributed by atoms with E-state index in [-0.39, 0.29) is 22.9 Å². The van der Waals surface area contributed by atoms with Gasteiger partial charge in [-0.3, -0.25) is 0 Å². The van der Waals surface area contributed by atoms with E-state index < -0.39 is 27.9 Å². The van der Waals surface area contributed by atoms with Crippen LogP contribution in [0.2, 0.25) is 0 Å². The predicted octanol–water partition coefficient (Wildman–Crippen LogP) is 3.37. The predicted molar refractivity (Wildman–Crippen MR) is 118 cm³/mol. The van der Waals surface area contributed by atoms with Crippen molar-refractivity contribution in [2.75, 3.05) is 27.8 Å². The summed E-state index contributed by atoms with van der Waals surface area (Å²) in [7, 11) is 0.148. The van der Waals surface area contributed by atoms with Crippen LogP contribution in [-0.4, -0.2) is 57.9 Å². The highest BCUT2D eigenvalue weighted by Gasteiger charge is 2.24. The minimum atomic E-state index is -4.17. The number of amides is 1. The van der Waals surface area contributed by atoms with Gasteiger partial charge in [0.2, 0.25) is 0 Å². The molecule has 10 heteroatoms. The van der Waals surface area contributed by atoms with Gasteiger partial charge < -0.3 is 28.4 Å². The molecule has 0 saturated carbocycles. The summed E-state index contributed by atoms with van der Waals surface area (Å²) < 4.78 is 46.0. The van der Waals surface area contributed by atoms with Crippen molar-refractivity contribution in [3.8, 4) is 17.2 Å². The molecule has 176 valence electrons. The summed E-state index contributed by atoms with van der Waals surface area (Å²) in [5.74, 6) is 0.580. The van der Waals surface area contributed by atoms with Crippen LogP contribution in [0.5, 0.6) is 17.2 Å². The zero-order valence-corrected chi connectivity index (χ0v) is 19.8. The second kappa shape index (κ2) is 10.1. The molecule has 1 unspecified atom stereocenters. The van der Waals surface area contributed by atoms with Crippen molar-refractivity contribution in [1.82, 2.24) is 4.90 Å². The molecule has 0 aliphatic carbocycles. The van der Waals surface area contributed by atoms with Crippen LogP contribution in [0.1, 0.15) is 32.4 Å². The minimum absolute atomic E-state index is 0.00351. The van der Waals surface area contributed by atoms with Gasteiger partial charge in [0, 0.05) is 13.1 Å². The summed E-state index contributed by atoms with van der Waals surface area (Å²) in [4.78, 5) is 13.2. The van der Waals surface area contributed by atoms with Gasteiger partial charge in [0.15, 0.2) is 0 Å². The number of ether oxygens (including phenoxy) is 3. The summed E-state index contributed by atoms with van der Waals surface area (Å²) in [5.41, 5.74) is -0.167. The van der Waals surface area contributed by atoms with Gasteiger partial charge in [-0.25, -0.2) is 4.79 Å². The van der Waals surface area contributed by atoms with Crippen LogP contribution < -0.4 is 13.7 Å². The standard InChI is InChI=1S/C22H29NO8S/c1-22(2,3)30-21(25)23(4)14-18(24)15-7-9-16(10-8-15)31-32(26,27)20-12-11-17(28-5)13-19(20)29-6/h7-13,18,24H,14H2,1-6H3. The zero-order valence-electron chi connectivity index (χ0n) is 19.0. The maximum atomic E-state index is 12.7. The third-order valence-corrected chi connectivity index (χ3v) is 5.55. The Labute approximate surface area is 188 Å². The molecular formula is C22H29NO8S. The number of methoxy groups -OCH3 is 2.